The van der Waals surface area contributed by atoms with Gasteiger partial charge in [-0.3, -0.25) is 4.79 Å². The zero-order valence-corrected chi connectivity index (χ0v) is 8.19. The van der Waals surface area contributed by atoms with Gasteiger partial charge in [0.2, 0.25) is 0 Å². The molecule has 0 saturated carbocycles. The summed E-state index contributed by atoms with van der Waals surface area (Å²) < 4.78 is 0. The maximum atomic E-state index is 10.9. The van der Waals surface area contributed by atoms with Crippen molar-refractivity contribution >= 4 is 21.7 Å². The average Bonchev–Trinajstić information content (AvgIpc) is 2.01. The summed E-state index contributed by atoms with van der Waals surface area (Å²) in [4.78, 5) is 10.9. The molecule has 0 fully saturated rings. The maximum Gasteiger partial charge on any atom is 0.155 e. The quantitative estimate of drug-likeness (QED) is 0.664. The minimum Gasteiger partial charge on any atom is -0.295 e. The fourth-order valence-corrected chi connectivity index (χ4v) is 1.63. The number of carbonyl (C=O) groups excluding carboxylic acids is 1. The van der Waals surface area contributed by atoms with E-state index in [4.69, 9.17) is 0 Å². The second kappa shape index (κ2) is 4.70. The van der Waals surface area contributed by atoms with Gasteiger partial charge in [0.05, 0.1) is 0 Å². The Morgan fingerprint density at radius 3 is 2.91 bits per heavy atom. The van der Waals surface area contributed by atoms with Crippen molar-refractivity contribution in [2.75, 3.05) is 5.33 Å². The summed E-state index contributed by atoms with van der Waals surface area (Å²) in [6.07, 6.45) is 7.05. The summed E-state index contributed by atoms with van der Waals surface area (Å²) in [5.41, 5.74) is 1.35. The summed E-state index contributed by atoms with van der Waals surface area (Å²) >= 11 is 3.38. The molecule has 0 saturated heterocycles. The lowest BCUT2D eigenvalue weighted by Crippen LogP contribution is -2.02. The first kappa shape index (κ1) is 8.98. The first-order chi connectivity index (χ1) is 5.33. The Morgan fingerprint density at radius 1 is 1.45 bits per heavy atom. The number of hydrogen-bond donors (Lipinski definition) is 0. The monoisotopic (exact) mass is 216 g/mol. The van der Waals surface area contributed by atoms with Crippen LogP contribution in [0.25, 0.3) is 0 Å². The van der Waals surface area contributed by atoms with Crippen LogP contribution in [0.5, 0.6) is 0 Å². The summed E-state index contributed by atoms with van der Waals surface area (Å²) in [5.74, 6) is 0.320. The largest absolute Gasteiger partial charge is 0.295 e. The molecule has 11 heavy (non-hydrogen) atoms. The van der Waals surface area contributed by atoms with Crippen molar-refractivity contribution < 1.29 is 4.79 Å². The molecule has 1 nitrogen and oxygen atoms in total. The summed E-state index contributed by atoms with van der Waals surface area (Å²) in [6.45, 7) is 0. The zero-order chi connectivity index (χ0) is 8.10. The Kier molecular flexibility index (Phi) is 3.84. The molecule has 1 rings (SSSR count). The van der Waals surface area contributed by atoms with Crippen LogP contribution >= 0.6 is 15.9 Å². The molecule has 0 N–H and O–H groups in total. The van der Waals surface area contributed by atoms with Crippen molar-refractivity contribution in [2.45, 2.75) is 32.1 Å². The standard InChI is InChI=1S/C9H13BrO/c10-6-2-4-8-3-1-5-9(11)7-8/h7H,1-6H2. The van der Waals surface area contributed by atoms with Gasteiger partial charge in [-0.25, -0.2) is 0 Å². The van der Waals surface area contributed by atoms with Crippen molar-refractivity contribution in [3.63, 3.8) is 0 Å². The molecule has 0 unspecified atom stereocenters. The summed E-state index contributed by atoms with van der Waals surface area (Å²) in [6, 6.07) is 0. The third kappa shape index (κ3) is 3.19. The molecule has 0 heterocycles. The van der Waals surface area contributed by atoms with Crippen LogP contribution in [0.15, 0.2) is 11.6 Å². The lowest BCUT2D eigenvalue weighted by atomic mass is 9.96. The molecule has 2 heteroatoms. The normalized spacial score (nSPS) is 18.3. The van der Waals surface area contributed by atoms with Gasteiger partial charge in [0, 0.05) is 11.8 Å². The third-order valence-corrected chi connectivity index (χ3v) is 2.48. The summed E-state index contributed by atoms with van der Waals surface area (Å²) in [7, 11) is 0. The molecule has 0 aliphatic heterocycles. The molecular formula is C9H13BrO. The Bertz CT molecular complexity index is 172. The van der Waals surface area contributed by atoms with E-state index in [1.807, 2.05) is 6.08 Å². The zero-order valence-electron chi connectivity index (χ0n) is 6.61. The molecule has 0 spiro atoms. The van der Waals surface area contributed by atoms with Gasteiger partial charge in [-0.1, -0.05) is 21.5 Å². The van der Waals surface area contributed by atoms with Crippen LogP contribution in [0.1, 0.15) is 32.1 Å². The third-order valence-electron chi connectivity index (χ3n) is 1.92. The Morgan fingerprint density at radius 2 is 2.27 bits per heavy atom. The molecule has 0 bridgehead atoms. The van der Waals surface area contributed by atoms with E-state index in [1.54, 1.807) is 0 Å². The number of hydrogen-bond acceptors (Lipinski definition) is 1. The highest BCUT2D eigenvalue weighted by atomic mass is 79.9. The second-order valence-electron chi connectivity index (χ2n) is 2.91. The predicted octanol–water partition coefficient (Wildman–Crippen LogP) is 2.84. The van der Waals surface area contributed by atoms with E-state index >= 15 is 0 Å². The molecule has 0 aromatic carbocycles. The van der Waals surface area contributed by atoms with Crippen LogP contribution in [-0.4, -0.2) is 11.1 Å². The van der Waals surface area contributed by atoms with E-state index in [0.717, 1.165) is 37.4 Å². The number of halogens is 1. The Hall–Kier alpha value is -0.110. The van der Waals surface area contributed by atoms with Crippen LogP contribution in [0.2, 0.25) is 0 Å². The highest BCUT2D eigenvalue weighted by Crippen LogP contribution is 2.19. The predicted molar refractivity (Wildman–Crippen MR) is 50.0 cm³/mol. The van der Waals surface area contributed by atoms with Gasteiger partial charge in [-0.15, -0.1) is 0 Å². The molecule has 1 aliphatic carbocycles. The van der Waals surface area contributed by atoms with Crippen molar-refractivity contribution in [3.8, 4) is 0 Å². The average molecular weight is 217 g/mol. The van der Waals surface area contributed by atoms with E-state index in [2.05, 4.69) is 15.9 Å². The Balaban J connectivity index is 2.37. The van der Waals surface area contributed by atoms with Crippen LogP contribution < -0.4 is 0 Å². The van der Waals surface area contributed by atoms with Crippen LogP contribution in [0, 0.1) is 0 Å². The highest BCUT2D eigenvalue weighted by molar-refractivity contribution is 9.09. The SMILES string of the molecule is O=C1C=C(CCCBr)CCC1. The lowest BCUT2D eigenvalue weighted by Gasteiger charge is -2.10. The van der Waals surface area contributed by atoms with Crippen molar-refractivity contribution in [2.24, 2.45) is 0 Å². The first-order valence-electron chi connectivity index (χ1n) is 4.11. The van der Waals surface area contributed by atoms with Gasteiger partial charge in [-0.05, 0) is 31.8 Å². The Labute approximate surface area is 76.0 Å². The molecule has 0 atom stereocenters. The number of rotatable bonds is 3. The number of carbonyl (C=O) groups is 1. The minimum atomic E-state index is 0.320. The van der Waals surface area contributed by atoms with Gasteiger partial charge in [0.15, 0.2) is 5.78 Å². The number of alkyl halides is 1. The molecule has 0 amide bonds. The number of allylic oxidation sites excluding steroid dienone is 2. The van der Waals surface area contributed by atoms with Gasteiger partial charge >= 0.3 is 0 Å². The van der Waals surface area contributed by atoms with Crippen LogP contribution in [0.3, 0.4) is 0 Å². The second-order valence-corrected chi connectivity index (χ2v) is 3.71. The van der Waals surface area contributed by atoms with E-state index in [0.29, 0.717) is 5.78 Å². The molecule has 62 valence electrons. The van der Waals surface area contributed by atoms with E-state index in [-0.39, 0.29) is 0 Å². The molecule has 0 radical (unpaired) electrons. The van der Waals surface area contributed by atoms with Gasteiger partial charge in [0.25, 0.3) is 0 Å². The van der Waals surface area contributed by atoms with Crippen molar-refractivity contribution in [1.82, 2.24) is 0 Å². The van der Waals surface area contributed by atoms with Gasteiger partial charge in [0.1, 0.15) is 0 Å². The molecular weight excluding hydrogens is 204 g/mol. The molecule has 0 aromatic rings. The fraction of sp³-hybridized carbons (Fsp3) is 0.667. The highest BCUT2D eigenvalue weighted by Gasteiger charge is 2.08. The lowest BCUT2D eigenvalue weighted by molar-refractivity contribution is -0.115. The minimum absolute atomic E-state index is 0.320. The van der Waals surface area contributed by atoms with Crippen LogP contribution in [0.4, 0.5) is 0 Å². The van der Waals surface area contributed by atoms with Crippen molar-refractivity contribution in [1.29, 1.82) is 0 Å². The van der Waals surface area contributed by atoms with Crippen molar-refractivity contribution in [3.05, 3.63) is 11.6 Å². The van der Waals surface area contributed by atoms with E-state index in [9.17, 15) is 4.79 Å². The molecule has 0 aromatic heterocycles. The summed E-state index contributed by atoms with van der Waals surface area (Å²) in [5, 5.41) is 1.04. The van der Waals surface area contributed by atoms with E-state index < -0.39 is 0 Å². The topological polar surface area (TPSA) is 17.1 Å². The van der Waals surface area contributed by atoms with E-state index in [1.165, 1.54) is 5.57 Å². The van der Waals surface area contributed by atoms with Gasteiger partial charge in [-0.2, -0.15) is 0 Å². The molecule has 1 aliphatic rings. The fourth-order valence-electron chi connectivity index (χ4n) is 1.35. The maximum absolute atomic E-state index is 10.9. The van der Waals surface area contributed by atoms with Crippen LogP contribution in [-0.2, 0) is 4.79 Å². The number of ketones is 1. The van der Waals surface area contributed by atoms with Gasteiger partial charge < -0.3 is 0 Å². The first-order valence-corrected chi connectivity index (χ1v) is 5.23. The smallest absolute Gasteiger partial charge is 0.155 e.